The molecule has 106 valence electrons. The van der Waals surface area contributed by atoms with Crippen LogP contribution in [0.1, 0.15) is 19.7 Å². The molecule has 1 N–H and O–H groups in total. The predicted molar refractivity (Wildman–Crippen MR) is 84.8 cm³/mol. The molecule has 0 saturated carbocycles. The summed E-state index contributed by atoms with van der Waals surface area (Å²) in [6, 6.07) is 7.13. The molecule has 6 heteroatoms. The van der Waals surface area contributed by atoms with Crippen molar-refractivity contribution in [2.45, 2.75) is 20.3 Å². The highest BCUT2D eigenvalue weighted by molar-refractivity contribution is 9.10. The molecular formula is C14H15BrClN3O. The Bertz CT molecular complexity index is 607. The normalized spacial score (nSPS) is 10.4. The number of nitrogens with zero attached hydrogens (tertiary/aromatic N) is 2. The van der Waals surface area contributed by atoms with Gasteiger partial charge >= 0.3 is 0 Å². The van der Waals surface area contributed by atoms with Gasteiger partial charge in [0.2, 0.25) is 5.88 Å². The first-order valence-corrected chi connectivity index (χ1v) is 7.54. The fraction of sp³-hybridized carbons (Fsp3) is 0.286. The van der Waals surface area contributed by atoms with Gasteiger partial charge in [-0.2, -0.15) is 4.98 Å². The van der Waals surface area contributed by atoms with Gasteiger partial charge in [-0.15, -0.1) is 0 Å². The van der Waals surface area contributed by atoms with Crippen LogP contribution in [0.4, 0.5) is 5.82 Å². The number of hydrogen-bond acceptors (Lipinski definition) is 4. The first kappa shape index (κ1) is 15.1. The molecule has 0 amide bonds. The van der Waals surface area contributed by atoms with Crippen molar-refractivity contribution in [1.82, 2.24) is 9.97 Å². The van der Waals surface area contributed by atoms with Crippen molar-refractivity contribution in [3.63, 3.8) is 0 Å². The van der Waals surface area contributed by atoms with Crippen LogP contribution in [0.5, 0.6) is 11.6 Å². The van der Waals surface area contributed by atoms with Gasteiger partial charge in [0.05, 0.1) is 4.47 Å². The number of ether oxygens (including phenoxy) is 1. The second kappa shape index (κ2) is 6.90. The van der Waals surface area contributed by atoms with E-state index in [4.69, 9.17) is 16.3 Å². The van der Waals surface area contributed by atoms with Gasteiger partial charge in [-0.3, -0.25) is 0 Å². The monoisotopic (exact) mass is 355 g/mol. The van der Waals surface area contributed by atoms with Gasteiger partial charge < -0.3 is 10.1 Å². The summed E-state index contributed by atoms with van der Waals surface area (Å²) >= 11 is 9.33. The average molecular weight is 357 g/mol. The zero-order valence-corrected chi connectivity index (χ0v) is 13.6. The average Bonchev–Trinajstić information content (AvgIpc) is 2.42. The van der Waals surface area contributed by atoms with E-state index in [1.165, 1.54) is 0 Å². The highest BCUT2D eigenvalue weighted by Gasteiger charge is 2.08. The number of halogens is 2. The Hall–Kier alpha value is -1.33. The van der Waals surface area contributed by atoms with E-state index < -0.39 is 0 Å². The van der Waals surface area contributed by atoms with Crippen LogP contribution in [0, 0.1) is 0 Å². The van der Waals surface area contributed by atoms with Crippen molar-refractivity contribution in [3.05, 3.63) is 39.6 Å². The van der Waals surface area contributed by atoms with E-state index in [1.54, 1.807) is 24.3 Å². The van der Waals surface area contributed by atoms with Crippen molar-refractivity contribution < 1.29 is 4.74 Å². The second-order valence-corrected chi connectivity index (χ2v) is 5.36. The minimum Gasteiger partial charge on any atom is -0.438 e. The summed E-state index contributed by atoms with van der Waals surface area (Å²) in [4.78, 5) is 8.75. The molecule has 0 fully saturated rings. The number of aromatic nitrogens is 2. The summed E-state index contributed by atoms with van der Waals surface area (Å²) in [5, 5.41) is 3.82. The molecule has 0 bridgehead atoms. The van der Waals surface area contributed by atoms with E-state index in [0.29, 0.717) is 16.7 Å². The second-order valence-electron chi connectivity index (χ2n) is 4.07. The largest absolute Gasteiger partial charge is 0.438 e. The molecule has 0 spiro atoms. The summed E-state index contributed by atoms with van der Waals surface area (Å²) in [6.07, 6.45) is 0.747. The molecule has 2 rings (SSSR count). The maximum absolute atomic E-state index is 5.91. The molecule has 0 aliphatic rings. The van der Waals surface area contributed by atoms with Crippen LogP contribution in [0.2, 0.25) is 5.02 Å². The summed E-state index contributed by atoms with van der Waals surface area (Å²) in [5.41, 5.74) is 0. The van der Waals surface area contributed by atoms with Gasteiger partial charge in [0.25, 0.3) is 0 Å². The van der Waals surface area contributed by atoms with E-state index in [2.05, 4.69) is 31.2 Å². The Morgan fingerprint density at radius 3 is 2.70 bits per heavy atom. The van der Waals surface area contributed by atoms with Gasteiger partial charge in [0, 0.05) is 24.1 Å². The van der Waals surface area contributed by atoms with Crippen LogP contribution in [0.25, 0.3) is 0 Å². The van der Waals surface area contributed by atoms with Crippen LogP contribution in [0.15, 0.2) is 28.7 Å². The molecule has 20 heavy (non-hydrogen) atoms. The minimum atomic E-state index is 0.510. The van der Waals surface area contributed by atoms with Gasteiger partial charge in [-0.05, 0) is 41.1 Å². The van der Waals surface area contributed by atoms with Crippen LogP contribution >= 0.6 is 27.5 Å². The first-order valence-electron chi connectivity index (χ1n) is 6.37. The molecule has 0 aliphatic heterocycles. The lowest BCUT2D eigenvalue weighted by Crippen LogP contribution is -2.04. The zero-order valence-electron chi connectivity index (χ0n) is 11.3. The first-order chi connectivity index (χ1) is 9.62. The molecule has 0 unspecified atom stereocenters. The predicted octanol–water partition coefficient (Wildman–Crippen LogP) is 4.68. The molecule has 1 aromatic heterocycles. The number of benzene rings is 1. The Kier molecular flexibility index (Phi) is 5.20. The zero-order chi connectivity index (χ0) is 14.5. The fourth-order valence-corrected chi connectivity index (χ4v) is 2.39. The third-order valence-electron chi connectivity index (χ3n) is 2.53. The van der Waals surface area contributed by atoms with Crippen molar-refractivity contribution in [3.8, 4) is 11.6 Å². The third kappa shape index (κ3) is 3.84. The van der Waals surface area contributed by atoms with Gasteiger partial charge in [0.15, 0.2) is 0 Å². The maximum atomic E-state index is 5.91. The van der Waals surface area contributed by atoms with Gasteiger partial charge in [-0.25, -0.2) is 4.98 Å². The summed E-state index contributed by atoms with van der Waals surface area (Å²) in [6.45, 7) is 4.82. The van der Waals surface area contributed by atoms with Crippen LogP contribution in [-0.4, -0.2) is 16.5 Å². The van der Waals surface area contributed by atoms with Gasteiger partial charge in [0.1, 0.15) is 17.4 Å². The Morgan fingerprint density at radius 2 is 2.05 bits per heavy atom. The van der Waals surface area contributed by atoms with Crippen molar-refractivity contribution >= 4 is 33.3 Å². The SMILES string of the molecule is CCNc1cc(Oc2ccc(Cl)cc2Br)nc(CC)n1. The van der Waals surface area contributed by atoms with E-state index in [1.807, 2.05) is 13.8 Å². The fourth-order valence-electron chi connectivity index (χ4n) is 1.63. The van der Waals surface area contributed by atoms with E-state index in [0.717, 1.165) is 29.1 Å². The molecule has 0 saturated heterocycles. The number of rotatable bonds is 5. The number of nitrogens with one attached hydrogen (secondary N) is 1. The summed E-state index contributed by atoms with van der Waals surface area (Å²) in [7, 11) is 0. The van der Waals surface area contributed by atoms with Crippen molar-refractivity contribution in [1.29, 1.82) is 0 Å². The highest BCUT2D eigenvalue weighted by atomic mass is 79.9. The molecule has 1 heterocycles. The maximum Gasteiger partial charge on any atom is 0.224 e. The van der Waals surface area contributed by atoms with Crippen LogP contribution < -0.4 is 10.1 Å². The number of hydrogen-bond donors (Lipinski definition) is 1. The quantitative estimate of drug-likeness (QED) is 0.845. The third-order valence-corrected chi connectivity index (χ3v) is 3.39. The molecule has 0 radical (unpaired) electrons. The van der Waals surface area contributed by atoms with Crippen LogP contribution in [0.3, 0.4) is 0 Å². The molecule has 2 aromatic rings. The smallest absolute Gasteiger partial charge is 0.224 e. The summed E-state index contributed by atoms with van der Waals surface area (Å²) < 4.78 is 6.58. The Balaban J connectivity index is 2.29. The van der Waals surface area contributed by atoms with E-state index >= 15 is 0 Å². The van der Waals surface area contributed by atoms with Crippen LogP contribution in [-0.2, 0) is 6.42 Å². The lowest BCUT2D eigenvalue weighted by molar-refractivity contribution is 0.456. The lowest BCUT2D eigenvalue weighted by Gasteiger charge is -2.10. The van der Waals surface area contributed by atoms with Gasteiger partial charge in [-0.1, -0.05) is 18.5 Å². The molecule has 1 aromatic carbocycles. The standard InChI is InChI=1S/C14H15BrClN3O/c1-3-12-18-13(17-4-2)8-14(19-12)20-11-6-5-9(16)7-10(11)15/h5-8H,3-4H2,1-2H3,(H,17,18,19). The molecular weight excluding hydrogens is 342 g/mol. The lowest BCUT2D eigenvalue weighted by atomic mass is 10.3. The van der Waals surface area contributed by atoms with E-state index in [9.17, 15) is 0 Å². The summed E-state index contributed by atoms with van der Waals surface area (Å²) in [5.74, 6) is 2.68. The Morgan fingerprint density at radius 1 is 1.25 bits per heavy atom. The molecule has 0 aliphatic carbocycles. The topological polar surface area (TPSA) is 47.0 Å². The Labute approximate surface area is 131 Å². The van der Waals surface area contributed by atoms with Crippen molar-refractivity contribution in [2.24, 2.45) is 0 Å². The highest BCUT2D eigenvalue weighted by Crippen LogP contribution is 2.31. The number of anilines is 1. The minimum absolute atomic E-state index is 0.510. The van der Waals surface area contributed by atoms with Crippen molar-refractivity contribution in [2.75, 3.05) is 11.9 Å². The number of aryl methyl sites for hydroxylation is 1. The molecule has 0 atom stereocenters. The van der Waals surface area contributed by atoms with E-state index in [-0.39, 0.29) is 0 Å². The molecule has 4 nitrogen and oxygen atoms in total.